The van der Waals surface area contributed by atoms with Crippen LogP contribution in [0.25, 0.3) is 11.3 Å². The summed E-state index contributed by atoms with van der Waals surface area (Å²) >= 11 is 0. The van der Waals surface area contributed by atoms with E-state index < -0.39 is 11.8 Å². The number of hydrogen-bond acceptors (Lipinski definition) is 5. The zero-order valence-corrected chi connectivity index (χ0v) is 11.1. The Hall–Kier alpha value is -2.57. The van der Waals surface area contributed by atoms with Gasteiger partial charge in [-0.15, -0.1) is 0 Å². The highest BCUT2D eigenvalue weighted by Crippen LogP contribution is 2.42. The van der Waals surface area contributed by atoms with Crippen molar-refractivity contribution in [2.45, 2.75) is 18.9 Å². The molecule has 0 atom stereocenters. The van der Waals surface area contributed by atoms with Crippen LogP contribution in [0.3, 0.4) is 0 Å². The van der Waals surface area contributed by atoms with Crippen LogP contribution in [-0.4, -0.2) is 29.4 Å². The summed E-state index contributed by atoms with van der Waals surface area (Å²) in [5.74, 6) is -1.54. The molecule has 0 spiro atoms. The number of halogens is 1. The van der Waals surface area contributed by atoms with Crippen molar-refractivity contribution in [2.24, 2.45) is 0 Å². The Bertz CT molecular complexity index is 693. The van der Waals surface area contributed by atoms with Crippen LogP contribution in [0.15, 0.2) is 22.7 Å². The Kier molecular flexibility index (Phi) is 3.25. The Morgan fingerprint density at radius 1 is 1.43 bits per heavy atom. The molecule has 0 amide bonds. The van der Waals surface area contributed by atoms with Crippen molar-refractivity contribution in [2.75, 3.05) is 7.11 Å². The van der Waals surface area contributed by atoms with E-state index in [9.17, 15) is 9.18 Å². The number of benzene rings is 1. The van der Waals surface area contributed by atoms with Crippen LogP contribution in [-0.2, 0) is 0 Å². The quantitative estimate of drug-likeness (QED) is 0.912. The van der Waals surface area contributed by atoms with Gasteiger partial charge >= 0.3 is 5.97 Å². The smallest absolute Gasteiger partial charge is 0.374 e. The number of aromatic nitrogens is 1. The lowest BCUT2D eigenvalue weighted by atomic mass is 10.1. The summed E-state index contributed by atoms with van der Waals surface area (Å²) in [6.07, 6.45) is 1.90. The van der Waals surface area contributed by atoms with Crippen LogP contribution in [0.4, 0.5) is 4.39 Å². The van der Waals surface area contributed by atoms with Crippen molar-refractivity contribution in [1.82, 2.24) is 5.16 Å². The molecular weight excluding hydrogens is 281 g/mol. The second-order valence-corrected chi connectivity index (χ2v) is 4.68. The van der Waals surface area contributed by atoms with Crippen LogP contribution in [0.2, 0.25) is 0 Å². The summed E-state index contributed by atoms with van der Waals surface area (Å²) in [6.45, 7) is 0. The Balaban J connectivity index is 2.09. The van der Waals surface area contributed by atoms with Gasteiger partial charge in [0.2, 0.25) is 5.76 Å². The molecule has 0 saturated heterocycles. The number of aromatic carboxylic acids is 1. The zero-order valence-electron chi connectivity index (χ0n) is 11.1. The van der Waals surface area contributed by atoms with Crippen LogP contribution < -0.4 is 9.47 Å². The molecule has 1 aromatic heterocycles. The third-order valence-electron chi connectivity index (χ3n) is 3.05. The van der Waals surface area contributed by atoms with E-state index in [0.29, 0.717) is 11.3 Å². The molecule has 0 unspecified atom stereocenters. The Labute approximate surface area is 119 Å². The molecule has 1 saturated carbocycles. The van der Waals surface area contributed by atoms with Gasteiger partial charge in [0.15, 0.2) is 11.5 Å². The third-order valence-corrected chi connectivity index (χ3v) is 3.05. The highest BCUT2D eigenvalue weighted by atomic mass is 19.1. The Morgan fingerprint density at radius 2 is 2.19 bits per heavy atom. The lowest BCUT2D eigenvalue weighted by Gasteiger charge is -2.13. The van der Waals surface area contributed by atoms with E-state index in [4.69, 9.17) is 19.1 Å². The average molecular weight is 293 g/mol. The largest absolute Gasteiger partial charge is 0.493 e. The summed E-state index contributed by atoms with van der Waals surface area (Å²) in [6, 6.07) is 3.64. The van der Waals surface area contributed by atoms with E-state index in [1.54, 1.807) is 0 Å². The maximum absolute atomic E-state index is 13.7. The monoisotopic (exact) mass is 293 g/mol. The first-order valence-electron chi connectivity index (χ1n) is 6.33. The first-order chi connectivity index (χ1) is 10.1. The summed E-state index contributed by atoms with van der Waals surface area (Å²) in [5, 5.41) is 12.5. The number of carboxylic acid groups (broad SMARTS) is 1. The molecule has 7 heteroatoms. The van der Waals surface area contributed by atoms with Crippen LogP contribution in [0, 0.1) is 5.82 Å². The molecule has 0 aliphatic heterocycles. The Morgan fingerprint density at radius 3 is 2.76 bits per heavy atom. The van der Waals surface area contributed by atoms with E-state index in [1.165, 1.54) is 25.3 Å². The van der Waals surface area contributed by atoms with Gasteiger partial charge in [-0.2, -0.15) is 0 Å². The van der Waals surface area contributed by atoms with Crippen molar-refractivity contribution in [1.29, 1.82) is 0 Å². The highest BCUT2D eigenvalue weighted by molar-refractivity contribution is 5.86. The van der Waals surface area contributed by atoms with Gasteiger partial charge in [0, 0.05) is 12.1 Å². The van der Waals surface area contributed by atoms with Gasteiger partial charge in [0.25, 0.3) is 0 Å². The molecule has 2 aromatic rings. The first-order valence-corrected chi connectivity index (χ1v) is 6.33. The first kappa shape index (κ1) is 13.4. The van der Waals surface area contributed by atoms with Crippen molar-refractivity contribution in [3.63, 3.8) is 0 Å². The fourth-order valence-electron chi connectivity index (χ4n) is 1.89. The fourth-order valence-corrected chi connectivity index (χ4v) is 1.89. The predicted octanol–water partition coefficient (Wildman–Crippen LogP) is 2.73. The number of rotatable bonds is 5. The van der Waals surface area contributed by atoms with Crippen LogP contribution in [0.1, 0.15) is 23.4 Å². The minimum absolute atomic E-state index is 0.0638. The van der Waals surface area contributed by atoms with Gasteiger partial charge in [-0.1, -0.05) is 5.16 Å². The van der Waals surface area contributed by atoms with E-state index in [0.717, 1.165) is 12.8 Å². The zero-order chi connectivity index (χ0) is 15.0. The third kappa shape index (κ3) is 2.67. The summed E-state index contributed by atoms with van der Waals surface area (Å²) in [4.78, 5) is 10.8. The number of hydrogen-bond donors (Lipinski definition) is 1. The molecule has 6 nitrogen and oxygen atoms in total. The van der Waals surface area contributed by atoms with Crippen molar-refractivity contribution in [3.05, 3.63) is 29.8 Å². The molecule has 1 N–H and O–H groups in total. The maximum atomic E-state index is 13.7. The molecule has 0 radical (unpaired) electrons. The average Bonchev–Trinajstić information content (AvgIpc) is 3.13. The topological polar surface area (TPSA) is 81.8 Å². The highest BCUT2D eigenvalue weighted by Gasteiger charge is 2.28. The fraction of sp³-hybridized carbons (Fsp3) is 0.286. The van der Waals surface area contributed by atoms with E-state index in [1.807, 2.05) is 0 Å². The second-order valence-electron chi connectivity index (χ2n) is 4.68. The van der Waals surface area contributed by atoms with Crippen molar-refractivity contribution in [3.8, 4) is 22.8 Å². The van der Waals surface area contributed by atoms with E-state index >= 15 is 0 Å². The summed E-state index contributed by atoms with van der Waals surface area (Å²) < 4.78 is 29.3. The molecule has 3 rings (SSSR count). The maximum Gasteiger partial charge on any atom is 0.374 e. The van der Waals surface area contributed by atoms with Gasteiger partial charge < -0.3 is 19.1 Å². The molecule has 1 aliphatic carbocycles. The standard InChI is InChI=1S/C14H12FNO5/c1-19-11-5-7(15)4-9(13(11)20-8-2-3-8)10-6-12(14(17)18)21-16-10/h4-6,8H,2-3H2,1H3,(H,17,18). The van der Waals surface area contributed by atoms with Gasteiger partial charge in [-0.3, -0.25) is 0 Å². The molecule has 1 aromatic carbocycles. The predicted molar refractivity (Wildman–Crippen MR) is 69.1 cm³/mol. The lowest BCUT2D eigenvalue weighted by molar-refractivity contribution is 0.0652. The number of carboxylic acids is 1. The second kappa shape index (κ2) is 5.08. The van der Waals surface area contributed by atoms with Crippen LogP contribution in [0.5, 0.6) is 11.5 Å². The number of nitrogens with zero attached hydrogens (tertiary/aromatic N) is 1. The van der Waals surface area contributed by atoms with Crippen molar-refractivity contribution < 1.29 is 28.3 Å². The summed E-state index contributed by atoms with van der Waals surface area (Å²) in [5.41, 5.74) is 0.482. The summed E-state index contributed by atoms with van der Waals surface area (Å²) in [7, 11) is 1.41. The van der Waals surface area contributed by atoms with Gasteiger partial charge in [0.1, 0.15) is 11.5 Å². The van der Waals surface area contributed by atoms with Crippen molar-refractivity contribution >= 4 is 5.97 Å². The molecule has 110 valence electrons. The number of methoxy groups -OCH3 is 1. The number of ether oxygens (including phenoxy) is 2. The molecular formula is C14H12FNO5. The van der Waals surface area contributed by atoms with Gasteiger partial charge in [-0.25, -0.2) is 9.18 Å². The van der Waals surface area contributed by atoms with Gasteiger partial charge in [-0.05, 0) is 18.9 Å². The van der Waals surface area contributed by atoms with E-state index in [2.05, 4.69) is 5.16 Å². The molecule has 1 fully saturated rings. The normalized spacial score (nSPS) is 14.0. The van der Waals surface area contributed by atoms with Gasteiger partial charge in [0.05, 0.1) is 18.8 Å². The molecule has 1 heterocycles. The minimum Gasteiger partial charge on any atom is -0.493 e. The molecule has 1 aliphatic rings. The van der Waals surface area contributed by atoms with E-state index in [-0.39, 0.29) is 23.3 Å². The van der Waals surface area contributed by atoms with Crippen LogP contribution >= 0.6 is 0 Å². The lowest BCUT2D eigenvalue weighted by Crippen LogP contribution is -2.01. The molecule has 21 heavy (non-hydrogen) atoms. The SMILES string of the molecule is COc1cc(F)cc(-c2cc(C(=O)O)on2)c1OC1CC1. The molecule has 0 bridgehead atoms. The number of carbonyl (C=O) groups is 1. The minimum atomic E-state index is -1.25.